The Hall–Kier alpha value is -3.12. The number of fused-ring (bicyclic) bond motifs is 1. The molecule has 144 valence electrons. The van der Waals surface area contributed by atoms with Crippen LogP contribution in [0.1, 0.15) is 40.3 Å². The third-order valence-electron chi connectivity index (χ3n) is 5.12. The second-order valence-corrected chi connectivity index (χ2v) is 6.92. The number of carbonyl (C=O) groups excluding carboxylic acids is 1. The van der Waals surface area contributed by atoms with Gasteiger partial charge in [0.25, 0.3) is 5.91 Å². The molecule has 0 aliphatic carbocycles. The number of amides is 1. The molecule has 1 aromatic heterocycles. The average Bonchev–Trinajstić information content (AvgIpc) is 3.18. The lowest BCUT2D eigenvalue weighted by Gasteiger charge is -2.28. The number of rotatable bonds is 4. The maximum Gasteiger partial charge on any atom is 0.293 e. The van der Waals surface area contributed by atoms with Crippen molar-refractivity contribution in [3.63, 3.8) is 0 Å². The van der Waals surface area contributed by atoms with Crippen molar-refractivity contribution in [2.75, 3.05) is 13.7 Å². The van der Waals surface area contributed by atoms with Crippen LogP contribution < -0.4 is 4.74 Å². The topological polar surface area (TPSA) is 75.8 Å². The van der Waals surface area contributed by atoms with Crippen molar-refractivity contribution in [2.45, 2.75) is 26.0 Å². The van der Waals surface area contributed by atoms with Crippen molar-refractivity contribution < 1.29 is 19.2 Å². The highest BCUT2D eigenvalue weighted by molar-refractivity contribution is 5.94. The molecular weight excluding hydrogens is 356 g/mol. The summed E-state index contributed by atoms with van der Waals surface area (Å²) in [6.07, 6.45) is -0.0924. The Morgan fingerprint density at radius 2 is 1.89 bits per heavy atom. The summed E-state index contributed by atoms with van der Waals surface area (Å²) in [5.41, 5.74) is 4.03. The SMILES string of the molecule is COc1ccc(-c2noc(C(=O)N3CCc4ccccc4C3)c2C(C)O)cc1. The molecule has 1 amide bonds. The van der Waals surface area contributed by atoms with Gasteiger partial charge in [0.15, 0.2) is 0 Å². The number of methoxy groups -OCH3 is 1. The fourth-order valence-electron chi connectivity index (χ4n) is 3.61. The first-order valence-electron chi connectivity index (χ1n) is 9.26. The predicted octanol–water partition coefficient (Wildman–Crippen LogP) is 3.60. The van der Waals surface area contributed by atoms with Gasteiger partial charge in [0.1, 0.15) is 11.4 Å². The van der Waals surface area contributed by atoms with Crippen LogP contribution in [0.5, 0.6) is 5.75 Å². The van der Waals surface area contributed by atoms with Crippen molar-refractivity contribution in [1.82, 2.24) is 10.1 Å². The number of hydrogen-bond donors (Lipinski definition) is 1. The zero-order valence-electron chi connectivity index (χ0n) is 15.9. The first-order chi connectivity index (χ1) is 13.6. The lowest BCUT2D eigenvalue weighted by Crippen LogP contribution is -2.36. The molecule has 0 saturated heterocycles. The van der Waals surface area contributed by atoms with Crippen LogP contribution in [-0.2, 0) is 13.0 Å². The maximum absolute atomic E-state index is 13.1. The molecule has 4 rings (SSSR count). The Morgan fingerprint density at radius 3 is 2.57 bits per heavy atom. The summed E-state index contributed by atoms with van der Waals surface area (Å²) in [6.45, 7) is 2.74. The van der Waals surface area contributed by atoms with Crippen LogP contribution in [0, 0.1) is 0 Å². The van der Waals surface area contributed by atoms with Crippen LogP contribution in [0.15, 0.2) is 53.1 Å². The number of aliphatic hydroxyl groups is 1. The van der Waals surface area contributed by atoms with Crippen molar-refractivity contribution in [1.29, 1.82) is 0 Å². The van der Waals surface area contributed by atoms with E-state index in [0.29, 0.717) is 30.1 Å². The fraction of sp³-hybridized carbons (Fsp3) is 0.273. The number of ether oxygens (including phenoxy) is 1. The van der Waals surface area contributed by atoms with E-state index in [1.54, 1.807) is 31.1 Å². The quantitative estimate of drug-likeness (QED) is 0.751. The zero-order chi connectivity index (χ0) is 19.7. The third-order valence-corrected chi connectivity index (χ3v) is 5.12. The largest absolute Gasteiger partial charge is 0.497 e. The smallest absolute Gasteiger partial charge is 0.293 e. The van der Waals surface area contributed by atoms with E-state index in [1.165, 1.54) is 5.56 Å². The van der Waals surface area contributed by atoms with Crippen LogP contribution in [-0.4, -0.2) is 34.7 Å². The Kier molecular flexibility index (Phi) is 4.88. The number of aliphatic hydroxyl groups excluding tert-OH is 1. The summed E-state index contributed by atoms with van der Waals surface area (Å²) < 4.78 is 10.6. The van der Waals surface area contributed by atoms with Crippen LogP contribution in [0.3, 0.4) is 0 Å². The molecule has 1 aliphatic rings. The Bertz CT molecular complexity index is 992. The van der Waals surface area contributed by atoms with Gasteiger partial charge in [0, 0.05) is 18.7 Å². The molecule has 1 aliphatic heterocycles. The van der Waals surface area contributed by atoms with E-state index in [2.05, 4.69) is 11.2 Å². The number of hydrogen-bond acceptors (Lipinski definition) is 5. The molecule has 2 heterocycles. The Balaban J connectivity index is 1.66. The second-order valence-electron chi connectivity index (χ2n) is 6.92. The molecule has 1 N–H and O–H groups in total. The van der Waals surface area contributed by atoms with Crippen LogP contribution in [0.25, 0.3) is 11.3 Å². The zero-order valence-corrected chi connectivity index (χ0v) is 15.9. The minimum absolute atomic E-state index is 0.0974. The standard InChI is InChI=1S/C22H22N2O4/c1-14(25)19-20(16-7-9-18(27-2)10-8-16)23-28-21(19)22(26)24-12-11-15-5-3-4-6-17(15)13-24/h3-10,14,25H,11-13H2,1-2H3. The van der Waals surface area contributed by atoms with E-state index in [4.69, 9.17) is 9.26 Å². The van der Waals surface area contributed by atoms with Gasteiger partial charge in [-0.25, -0.2) is 0 Å². The van der Waals surface area contributed by atoms with Gasteiger partial charge in [0.2, 0.25) is 5.76 Å². The highest BCUT2D eigenvalue weighted by Gasteiger charge is 2.31. The van der Waals surface area contributed by atoms with Crippen molar-refractivity contribution >= 4 is 5.91 Å². The molecule has 3 aromatic rings. The van der Waals surface area contributed by atoms with E-state index in [-0.39, 0.29) is 11.7 Å². The predicted molar refractivity (Wildman–Crippen MR) is 104 cm³/mol. The van der Waals surface area contributed by atoms with Crippen LogP contribution >= 0.6 is 0 Å². The van der Waals surface area contributed by atoms with Gasteiger partial charge in [-0.2, -0.15) is 0 Å². The monoisotopic (exact) mass is 378 g/mol. The lowest BCUT2D eigenvalue weighted by atomic mass is 9.98. The minimum Gasteiger partial charge on any atom is -0.497 e. The van der Waals surface area contributed by atoms with Crippen LogP contribution in [0.4, 0.5) is 0 Å². The lowest BCUT2D eigenvalue weighted by molar-refractivity contribution is 0.0684. The fourth-order valence-corrected chi connectivity index (χ4v) is 3.61. The maximum atomic E-state index is 13.1. The summed E-state index contributed by atoms with van der Waals surface area (Å²) in [5, 5.41) is 14.4. The summed E-state index contributed by atoms with van der Waals surface area (Å²) >= 11 is 0. The Labute approximate surface area is 163 Å². The summed E-state index contributed by atoms with van der Waals surface area (Å²) in [4.78, 5) is 14.9. The van der Waals surface area contributed by atoms with Gasteiger partial charge in [-0.1, -0.05) is 29.4 Å². The third kappa shape index (κ3) is 3.27. The van der Waals surface area contributed by atoms with Gasteiger partial charge in [-0.05, 0) is 48.7 Å². The average molecular weight is 378 g/mol. The molecule has 28 heavy (non-hydrogen) atoms. The van der Waals surface area contributed by atoms with Gasteiger partial charge in [0.05, 0.1) is 18.8 Å². The van der Waals surface area contributed by atoms with Gasteiger partial charge >= 0.3 is 0 Å². The number of benzene rings is 2. The van der Waals surface area contributed by atoms with Gasteiger partial charge < -0.3 is 19.3 Å². The molecule has 6 heteroatoms. The number of carbonyl (C=O) groups is 1. The summed E-state index contributed by atoms with van der Waals surface area (Å²) in [5.74, 6) is 0.562. The van der Waals surface area contributed by atoms with Crippen molar-refractivity contribution in [2.24, 2.45) is 0 Å². The van der Waals surface area contributed by atoms with Crippen LogP contribution in [0.2, 0.25) is 0 Å². The highest BCUT2D eigenvalue weighted by Crippen LogP contribution is 2.33. The Morgan fingerprint density at radius 1 is 1.18 bits per heavy atom. The first kappa shape index (κ1) is 18.3. The number of nitrogens with zero attached hydrogens (tertiary/aromatic N) is 2. The molecular formula is C22H22N2O4. The molecule has 1 unspecified atom stereocenters. The molecule has 0 saturated carbocycles. The number of aromatic nitrogens is 1. The second kappa shape index (κ2) is 7.48. The highest BCUT2D eigenvalue weighted by atomic mass is 16.5. The summed E-state index contributed by atoms with van der Waals surface area (Å²) in [7, 11) is 1.60. The van der Waals surface area contributed by atoms with E-state index in [1.807, 2.05) is 30.3 Å². The van der Waals surface area contributed by atoms with Crippen molar-refractivity contribution in [3.05, 3.63) is 71.0 Å². The van der Waals surface area contributed by atoms with E-state index in [9.17, 15) is 9.90 Å². The first-order valence-corrected chi connectivity index (χ1v) is 9.26. The normalized spacial score (nSPS) is 14.5. The minimum atomic E-state index is -0.889. The molecule has 0 radical (unpaired) electrons. The van der Waals surface area contributed by atoms with Gasteiger partial charge in [-0.3, -0.25) is 4.79 Å². The molecule has 0 fully saturated rings. The van der Waals surface area contributed by atoms with E-state index in [0.717, 1.165) is 17.5 Å². The molecule has 2 aromatic carbocycles. The summed E-state index contributed by atoms with van der Waals surface area (Å²) in [6, 6.07) is 15.4. The van der Waals surface area contributed by atoms with Crippen molar-refractivity contribution in [3.8, 4) is 17.0 Å². The van der Waals surface area contributed by atoms with E-state index < -0.39 is 6.10 Å². The molecule has 1 atom stereocenters. The molecule has 0 bridgehead atoms. The molecule has 6 nitrogen and oxygen atoms in total. The van der Waals surface area contributed by atoms with Gasteiger partial charge in [-0.15, -0.1) is 0 Å². The van der Waals surface area contributed by atoms with E-state index >= 15 is 0 Å². The molecule has 0 spiro atoms.